The highest BCUT2D eigenvalue weighted by Crippen LogP contribution is 2.44. The number of halogens is 1. The molecular formula is C21H20BrN3O3S. The van der Waals surface area contributed by atoms with Crippen LogP contribution in [-0.4, -0.2) is 39.4 Å². The third kappa shape index (κ3) is 4.38. The summed E-state index contributed by atoms with van der Waals surface area (Å²) in [4.78, 5) is 23.4. The maximum Gasteiger partial charge on any atom is 0.305 e. The molecule has 0 aliphatic heterocycles. The fourth-order valence-electron chi connectivity index (χ4n) is 3.36. The van der Waals surface area contributed by atoms with Gasteiger partial charge in [0.1, 0.15) is 5.78 Å². The van der Waals surface area contributed by atoms with E-state index < -0.39 is 0 Å². The largest absolute Gasteiger partial charge is 0.469 e. The van der Waals surface area contributed by atoms with E-state index in [9.17, 15) is 9.59 Å². The summed E-state index contributed by atoms with van der Waals surface area (Å²) in [5.41, 5.74) is 2.37. The molecule has 1 aliphatic carbocycles. The number of Topliss-reactive ketones (excluding diaryl/α,β-unsaturated/α-hetero) is 1. The zero-order valence-corrected chi connectivity index (χ0v) is 18.3. The molecule has 0 amide bonds. The summed E-state index contributed by atoms with van der Waals surface area (Å²) in [6, 6.07) is 12.7. The van der Waals surface area contributed by atoms with Gasteiger partial charge in [-0.15, -0.1) is 10.2 Å². The van der Waals surface area contributed by atoms with Crippen LogP contribution in [0, 0.1) is 0 Å². The molecule has 6 nitrogen and oxygen atoms in total. The normalized spacial score (nSPS) is 13.6. The van der Waals surface area contributed by atoms with Gasteiger partial charge < -0.3 is 4.74 Å². The molecule has 1 saturated carbocycles. The van der Waals surface area contributed by atoms with E-state index in [2.05, 4.69) is 61.2 Å². The maximum atomic E-state index is 12.1. The van der Waals surface area contributed by atoms with Crippen LogP contribution in [0.2, 0.25) is 0 Å². The molecule has 1 fully saturated rings. The van der Waals surface area contributed by atoms with Gasteiger partial charge in [0.05, 0.1) is 25.0 Å². The molecule has 4 rings (SSSR count). The number of fused-ring (bicyclic) bond motifs is 1. The minimum atomic E-state index is -0.378. The van der Waals surface area contributed by atoms with Gasteiger partial charge in [-0.1, -0.05) is 42.1 Å². The number of methoxy groups -OCH3 is 1. The maximum absolute atomic E-state index is 12.1. The Morgan fingerprint density at radius 1 is 1.14 bits per heavy atom. The Balaban J connectivity index is 1.60. The van der Waals surface area contributed by atoms with Gasteiger partial charge in [-0.2, -0.15) is 0 Å². The summed E-state index contributed by atoms with van der Waals surface area (Å²) in [6.45, 7) is 0. The van der Waals surface area contributed by atoms with Crippen LogP contribution in [-0.2, 0) is 14.3 Å². The number of hydrogen-bond donors (Lipinski definition) is 0. The highest BCUT2D eigenvalue weighted by atomic mass is 79.9. The van der Waals surface area contributed by atoms with E-state index in [1.165, 1.54) is 42.7 Å². The Kier molecular flexibility index (Phi) is 6.01. The Labute approximate surface area is 181 Å². The van der Waals surface area contributed by atoms with Crippen molar-refractivity contribution >= 4 is 50.2 Å². The van der Waals surface area contributed by atoms with Crippen molar-refractivity contribution in [2.45, 2.75) is 36.8 Å². The zero-order valence-electron chi connectivity index (χ0n) is 15.9. The molecule has 0 spiro atoms. The summed E-state index contributed by atoms with van der Waals surface area (Å²) in [5.74, 6) is 0.469. The van der Waals surface area contributed by atoms with Crippen molar-refractivity contribution in [2.75, 3.05) is 12.9 Å². The fourth-order valence-corrected chi connectivity index (χ4v) is 4.76. The van der Waals surface area contributed by atoms with Crippen LogP contribution in [0.4, 0.5) is 0 Å². The van der Waals surface area contributed by atoms with Crippen molar-refractivity contribution in [1.82, 2.24) is 14.8 Å². The molecule has 0 N–H and O–H groups in total. The van der Waals surface area contributed by atoms with Crippen LogP contribution in [0.3, 0.4) is 0 Å². The minimum absolute atomic E-state index is 0.0278. The fraction of sp³-hybridized carbons (Fsp3) is 0.333. The van der Waals surface area contributed by atoms with Crippen LogP contribution in [0.1, 0.15) is 37.2 Å². The van der Waals surface area contributed by atoms with E-state index in [1.54, 1.807) is 0 Å². The molecular weight excluding hydrogens is 454 g/mol. The number of ether oxygens (including phenoxy) is 1. The van der Waals surface area contributed by atoms with Gasteiger partial charge in [0.2, 0.25) is 4.73 Å². The smallest absolute Gasteiger partial charge is 0.305 e. The first-order valence-electron chi connectivity index (χ1n) is 9.42. The number of esters is 1. The number of hydrogen-bond acceptors (Lipinski definition) is 6. The number of rotatable bonds is 8. The highest BCUT2D eigenvalue weighted by molar-refractivity contribution is 9.10. The molecule has 8 heteroatoms. The number of carbonyl (C=O) groups is 2. The summed E-state index contributed by atoms with van der Waals surface area (Å²) in [6.07, 6.45) is 2.75. The van der Waals surface area contributed by atoms with E-state index in [4.69, 9.17) is 0 Å². The molecule has 0 saturated heterocycles. The zero-order chi connectivity index (χ0) is 20.4. The first kappa shape index (κ1) is 20.1. The van der Waals surface area contributed by atoms with Gasteiger partial charge in [0, 0.05) is 11.8 Å². The van der Waals surface area contributed by atoms with Crippen LogP contribution in [0.25, 0.3) is 16.5 Å². The van der Waals surface area contributed by atoms with Crippen molar-refractivity contribution in [3.63, 3.8) is 0 Å². The number of ketones is 1. The van der Waals surface area contributed by atoms with Crippen molar-refractivity contribution in [3.05, 3.63) is 46.7 Å². The number of thioether (sulfide) groups is 1. The van der Waals surface area contributed by atoms with Gasteiger partial charge in [-0.3, -0.25) is 14.2 Å². The van der Waals surface area contributed by atoms with Gasteiger partial charge >= 0.3 is 5.97 Å². The monoisotopic (exact) mass is 473 g/mol. The van der Waals surface area contributed by atoms with Gasteiger partial charge in [0.15, 0.2) is 5.16 Å². The second-order valence-corrected chi connectivity index (χ2v) is 8.64. The summed E-state index contributed by atoms with van der Waals surface area (Å²) in [5, 5.41) is 11.4. The van der Waals surface area contributed by atoms with E-state index in [1.807, 2.05) is 10.6 Å². The average Bonchev–Trinajstić information content (AvgIpc) is 3.52. The third-order valence-corrected chi connectivity index (χ3v) is 6.49. The Hall–Kier alpha value is -2.19. The number of carbonyl (C=O) groups excluding carboxylic acids is 2. The molecule has 1 aromatic heterocycles. The molecule has 0 radical (unpaired) electrons. The van der Waals surface area contributed by atoms with Crippen molar-refractivity contribution in [3.8, 4) is 5.69 Å². The number of nitrogens with zero attached hydrogens (tertiary/aromatic N) is 3. The van der Waals surface area contributed by atoms with Crippen LogP contribution in [0.15, 0.2) is 46.3 Å². The summed E-state index contributed by atoms with van der Waals surface area (Å²) >= 11 is 4.81. The summed E-state index contributed by atoms with van der Waals surface area (Å²) < 4.78 is 7.10. The Morgan fingerprint density at radius 3 is 2.62 bits per heavy atom. The molecule has 2 aromatic carbocycles. The number of aromatic nitrogens is 3. The second-order valence-electron chi connectivity index (χ2n) is 6.98. The number of benzene rings is 2. The molecule has 29 heavy (non-hydrogen) atoms. The van der Waals surface area contributed by atoms with E-state index in [-0.39, 0.29) is 30.3 Å². The quantitative estimate of drug-likeness (QED) is 0.349. The van der Waals surface area contributed by atoms with E-state index in [0.717, 1.165) is 11.1 Å². The molecule has 1 aliphatic rings. The molecule has 1 heterocycles. The van der Waals surface area contributed by atoms with E-state index >= 15 is 0 Å². The summed E-state index contributed by atoms with van der Waals surface area (Å²) in [7, 11) is 1.32. The Morgan fingerprint density at radius 2 is 1.90 bits per heavy atom. The predicted octanol–water partition coefficient (Wildman–Crippen LogP) is 4.67. The van der Waals surface area contributed by atoms with Gasteiger partial charge in [-0.25, -0.2) is 0 Å². The second kappa shape index (κ2) is 8.67. The van der Waals surface area contributed by atoms with Crippen LogP contribution in [0.5, 0.6) is 0 Å². The van der Waals surface area contributed by atoms with Crippen molar-refractivity contribution in [1.29, 1.82) is 0 Å². The van der Waals surface area contributed by atoms with E-state index in [0.29, 0.717) is 15.8 Å². The topological polar surface area (TPSA) is 74.1 Å². The van der Waals surface area contributed by atoms with Gasteiger partial charge in [-0.05, 0) is 51.7 Å². The lowest BCUT2D eigenvalue weighted by atomic mass is 9.99. The lowest BCUT2D eigenvalue weighted by molar-refractivity contribution is -0.141. The SMILES string of the molecule is COC(=O)CCC(=O)CSc1nnc(Br)n1-c1ccc(C2CC2)c2ccccc12. The molecule has 0 bridgehead atoms. The average molecular weight is 474 g/mol. The molecule has 0 unspecified atom stereocenters. The molecule has 3 aromatic rings. The third-order valence-electron chi connectivity index (χ3n) is 4.98. The van der Waals surface area contributed by atoms with Crippen LogP contribution < -0.4 is 0 Å². The predicted molar refractivity (Wildman–Crippen MR) is 116 cm³/mol. The first-order chi connectivity index (χ1) is 14.1. The van der Waals surface area contributed by atoms with Crippen LogP contribution >= 0.6 is 27.7 Å². The van der Waals surface area contributed by atoms with Crippen molar-refractivity contribution in [2.24, 2.45) is 0 Å². The highest BCUT2D eigenvalue weighted by Gasteiger charge is 2.26. The minimum Gasteiger partial charge on any atom is -0.469 e. The Bertz CT molecular complexity index is 1080. The standard InChI is InChI=1S/C21H20BrN3O3S/c1-28-19(27)11-8-14(26)12-29-21-24-23-20(22)25(21)18-10-9-15(13-6-7-13)16-4-2-3-5-17(16)18/h2-5,9-10,13H,6-8,11-12H2,1H3. The first-order valence-corrected chi connectivity index (χ1v) is 11.2. The van der Waals surface area contributed by atoms with Crippen molar-refractivity contribution < 1.29 is 14.3 Å². The lowest BCUT2D eigenvalue weighted by Crippen LogP contribution is -2.08. The molecule has 150 valence electrons. The molecule has 0 atom stereocenters. The van der Waals surface area contributed by atoms with Gasteiger partial charge in [0.25, 0.3) is 0 Å². The lowest BCUT2D eigenvalue weighted by Gasteiger charge is -2.13.